The molecule has 4 nitrogen and oxygen atoms in total. The van der Waals surface area contributed by atoms with Gasteiger partial charge in [0.05, 0.1) is 12.5 Å². The summed E-state index contributed by atoms with van der Waals surface area (Å²) in [4.78, 5) is 11.9. The third kappa shape index (κ3) is 4.59. The van der Waals surface area contributed by atoms with Gasteiger partial charge in [0, 0.05) is 6.04 Å². The van der Waals surface area contributed by atoms with E-state index in [1.54, 1.807) is 12.1 Å². The number of rotatable bonds is 7. The quantitative estimate of drug-likeness (QED) is 0.822. The zero-order valence-electron chi connectivity index (χ0n) is 13.8. The Labute approximate surface area is 142 Å². The first-order valence-electron chi connectivity index (χ1n) is 8.36. The molecule has 1 amide bonds. The summed E-state index contributed by atoms with van der Waals surface area (Å²) in [5.41, 5.74) is 1.83. The Morgan fingerprint density at radius 3 is 2.50 bits per heavy atom. The highest BCUT2D eigenvalue weighted by molar-refractivity contribution is 5.77. The van der Waals surface area contributed by atoms with Crippen molar-refractivity contribution in [1.82, 2.24) is 5.32 Å². The van der Waals surface area contributed by atoms with Gasteiger partial charge in [-0.15, -0.1) is 0 Å². The van der Waals surface area contributed by atoms with Crippen LogP contribution in [0.1, 0.15) is 37.0 Å². The first-order chi connectivity index (χ1) is 11.6. The summed E-state index contributed by atoms with van der Waals surface area (Å²) < 4.78 is 5.72. The third-order valence-electron chi connectivity index (χ3n) is 4.35. The zero-order valence-corrected chi connectivity index (χ0v) is 13.8. The lowest BCUT2D eigenvalue weighted by Crippen LogP contribution is -2.27. The van der Waals surface area contributed by atoms with E-state index in [0.29, 0.717) is 18.6 Å². The summed E-state index contributed by atoms with van der Waals surface area (Å²) in [6.45, 7) is 2.61. The molecule has 0 spiro atoms. The van der Waals surface area contributed by atoms with Gasteiger partial charge in [0.15, 0.2) is 0 Å². The maximum absolute atomic E-state index is 11.9. The molecule has 0 radical (unpaired) electrons. The van der Waals surface area contributed by atoms with E-state index in [2.05, 4.69) is 12.2 Å². The predicted octanol–water partition coefficient (Wildman–Crippen LogP) is 3.21. The first kappa shape index (κ1) is 16.5. The number of hydrogen-bond donors (Lipinski definition) is 2. The topological polar surface area (TPSA) is 58.6 Å². The number of hydrogen-bond acceptors (Lipinski definition) is 3. The van der Waals surface area contributed by atoms with E-state index in [1.807, 2.05) is 42.5 Å². The van der Waals surface area contributed by atoms with E-state index in [1.165, 1.54) is 0 Å². The maximum Gasteiger partial charge on any atom is 0.223 e. The second-order valence-electron chi connectivity index (χ2n) is 6.45. The molecule has 2 N–H and O–H groups in total. The minimum absolute atomic E-state index is 0.0907. The number of aliphatic hydroxyl groups is 1. The van der Waals surface area contributed by atoms with Crippen LogP contribution in [0.5, 0.6) is 5.75 Å². The van der Waals surface area contributed by atoms with Gasteiger partial charge in [0.2, 0.25) is 5.91 Å². The summed E-state index contributed by atoms with van der Waals surface area (Å²) in [6.07, 6.45) is 0.338. The average molecular weight is 325 g/mol. The molecular formula is C20H23NO3. The van der Waals surface area contributed by atoms with E-state index in [0.717, 1.165) is 23.3 Å². The number of carbonyl (C=O) groups excluding carboxylic acids is 1. The maximum atomic E-state index is 11.9. The van der Waals surface area contributed by atoms with E-state index in [-0.39, 0.29) is 12.3 Å². The van der Waals surface area contributed by atoms with E-state index in [4.69, 9.17) is 4.74 Å². The monoisotopic (exact) mass is 325 g/mol. The highest BCUT2D eigenvalue weighted by atomic mass is 16.5. The van der Waals surface area contributed by atoms with Crippen molar-refractivity contribution in [2.24, 2.45) is 5.92 Å². The summed E-state index contributed by atoms with van der Waals surface area (Å²) in [5.74, 6) is 1.21. The van der Waals surface area contributed by atoms with Gasteiger partial charge in [-0.25, -0.2) is 0 Å². The Bertz CT molecular complexity index is 669. The van der Waals surface area contributed by atoms with E-state index >= 15 is 0 Å². The minimum atomic E-state index is -0.790. The van der Waals surface area contributed by atoms with Crippen molar-refractivity contribution < 1.29 is 14.6 Å². The number of ether oxygens (including phenoxy) is 1. The molecule has 0 bridgehead atoms. The first-order valence-corrected chi connectivity index (χ1v) is 8.36. The Morgan fingerprint density at radius 1 is 1.21 bits per heavy atom. The molecule has 3 atom stereocenters. The van der Waals surface area contributed by atoms with Crippen LogP contribution in [0.15, 0.2) is 54.6 Å². The molecule has 0 aromatic heterocycles. The van der Waals surface area contributed by atoms with Crippen LogP contribution in [0, 0.1) is 5.92 Å². The smallest absolute Gasteiger partial charge is 0.223 e. The van der Waals surface area contributed by atoms with Crippen LogP contribution in [0.4, 0.5) is 0 Å². The Kier molecular flexibility index (Phi) is 5.16. The predicted molar refractivity (Wildman–Crippen MR) is 92.5 cm³/mol. The molecule has 2 aromatic rings. The van der Waals surface area contributed by atoms with Gasteiger partial charge in [-0.3, -0.25) is 4.79 Å². The van der Waals surface area contributed by atoms with Gasteiger partial charge < -0.3 is 15.2 Å². The Morgan fingerprint density at radius 2 is 1.88 bits per heavy atom. The summed E-state index contributed by atoms with van der Waals surface area (Å²) in [6, 6.07) is 17.5. The molecule has 0 heterocycles. The van der Waals surface area contributed by atoms with Crippen molar-refractivity contribution in [3.05, 3.63) is 65.7 Å². The van der Waals surface area contributed by atoms with Crippen LogP contribution in [0.3, 0.4) is 0 Å². The molecule has 1 aliphatic carbocycles. The van der Waals surface area contributed by atoms with Crippen LogP contribution in [0.2, 0.25) is 0 Å². The van der Waals surface area contributed by atoms with Crippen molar-refractivity contribution in [1.29, 1.82) is 0 Å². The number of aliphatic hydroxyl groups excluding tert-OH is 1. The second kappa shape index (κ2) is 7.49. The SMILES string of the molecule is CC1CC1NC(=O)CC(O)c1ccc(OCc2ccccc2)cc1. The van der Waals surface area contributed by atoms with Gasteiger partial charge in [-0.1, -0.05) is 49.4 Å². The lowest BCUT2D eigenvalue weighted by atomic mass is 10.1. The number of nitrogens with one attached hydrogen (secondary N) is 1. The average Bonchev–Trinajstić information content (AvgIpc) is 3.28. The highest BCUT2D eigenvalue weighted by Gasteiger charge is 2.34. The van der Waals surface area contributed by atoms with Crippen molar-refractivity contribution in [3.63, 3.8) is 0 Å². The third-order valence-corrected chi connectivity index (χ3v) is 4.35. The molecule has 4 heteroatoms. The van der Waals surface area contributed by atoms with Gasteiger partial charge in [-0.05, 0) is 35.6 Å². The standard InChI is InChI=1S/C20H23NO3/c1-14-11-18(14)21-20(23)12-19(22)16-7-9-17(10-8-16)24-13-15-5-3-2-4-6-15/h2-10,14,18-19,22H,11-13H2,1H3,(H,21,23). The second-order valence-corrected chi connectivity index (χ2v) is 6.45. The normalized spacial score (nSPS) is 20.2. The minimum Gasteiger partial charge on any atom is -0.489 e. The van der Waals surface area contributed by atoms with Crippen LogP contribution in [-0.2, 0) is 11.4 Å². The van der Waals surface area contributed by atoms with Crippen molar-refractivity contribution in [2.75, 3.05) is 0 Å². The molecule has 3 unspecified atom stereocenters. The fraction of sp³-hybridized carbons (Fsp3) is 0.350. The van der Waals surface area contributed by atoms with Gasteiger partial charge >= 0.3 is 0 Å². The molecule has 1 aliphatic rings. The van der Waals surface area contributed by atoms with Crippen LogP contribution in [0.25, 0.3) is 0 Å². The molecule has 1 saturated carbocycles. The fourth-order valence-corrected chi connectivity index (χ4v) is 2.61. The van der Waals surface area contributed by atoms with E-state index in [9.17, 15) is 9.90 Å². The number of amides is 1. The lowest BCUT2D eigenvalue weighted by molar-refractivity contribution is -0.123. The van der Waals surface area contributed by atoms with E-state index < -0.39 is 6.10 Å². The highest BCUT2D eigenvalue weighted by Crippen LogP contribution is 2.29. The molecule has 2 aromatic carbocycles. The van der Waals surface area contributed by atoms with Gasteiger partial charge in [0.25, 0.3) is 0 Å². The largest absolute Gasteiger partial charge is 0.489 e. The van der Waals surface area contributed by atoms with Gasteiger partial charge in [0.1, 0.15) is 12.4 Å². The molecule has 24 heavy (non-hydrogen) atoms. The lowest BCUT2D eigenvalue weighted by Gasteiger charge is -2.12. The number of carbonyl (C=O) groups is 1. The Hall–Kier alpha value is -2.33. The summed E-state index contributed by atoms with van der Waals surface area (Å²) in [5, 5.41) is 13.1. The molecule has 1 fully saturated rings. The fourth-order valence-electron chi connectivity index (χ4n) is 2.61. The zero-order chi connectivity index (χ0) is 16.9. The van der Waals surface area contributed by atoms with Crippen molar-refractivity contribution in [2.45, 2.75) is 38.5 Å². The van der Waals surface area contributed by atoms with Crippen LogP contribution < -0.4 is 10.1 Å². The Balaban J connectivity index is 1.49. The van der Waals surface area contributed by atoms with Crippen LogP contribution in [-0.4, -0.2) is 17.1 Å². The van der Waals surface area contributed by atoms with Gasteiger partial charge in [-0.2, -0.15) is 0 Å². The molecule has 3 rings (SSSR count). The summed E-state index contributed by atoms with van der Waals surface area (Å²) in [7, 11) is 0. The number of benzene rings is 2. The molecular weight excluding hydrogens is 302 g/mol. The van der Waals surface area contributed by atoms with Crippen molar-refractivity contribution in [3.8, 4) is 5.75 Å². The summed E-state index contributed by atoms with van der Waals surface area (Å²) >= 11 is 0. The van der Waals surface area contributed by atoms with Crippen molar-refractivity contribution >= 4 is 5.91 Å². The molecule has 0 aliphatic heterocycles. The molecule has 0 saturated heterocycles. The molecule has 126 valence electrons. The van der Waals surface area contributed by atoms with Crippen LogP contribution >= 0.6 is 0 Å².